The van der Waals surface area contributed by atoms with Crippen LogP contribution in [0.5, 0.6) is 0 Å². The van der Waals surface area contributed by atoms with Gasteiger partial charge in [-0.05, 0) is 32.2 Å². The first-order valence-corrected chi connectivity index (χ1v) is 5.78. The highest BCUT2D eigenvalue weighted by atomic mass is 19.3. The molecule has 0 amide bonds. The van der Waals surface area contributed by atoms with E-state index in [0.29, 0.717) is 5.92 Å². The lowest BCUT2D eigenvalue weighted by Crippen LogP contribution is -2.50. The third-order valence-corrected chi connectivity index (χ3v) is 3.55. The largest absolute Gasteiger partial charge is 0.326 e. The summed E-state index contributed by atoms with van der Waals surface area (Å²) in [7, 11) is 1.76. The van der Waals surface area contributed by atoms with Crippen LogP contribution in [-0.4, -0.2) is 37.0 Å². The topological polar surface area (TPSA) is 29.3 Å². The van der Waals surface area contributed by atoms with Crippen LogP contribution >= 0.6 is 0 Å². The molecule has 1 fully saturated rings. The predicted octanol–water partition coefficient (Wildman–Crippen LogP) is 2.09. The Kier molecular flexibility index (Phi) is 4.93. The Morgan fingerprint density at radius 3 is 2.60 bits per heavy atom. The second kappa shape index (κ2) is 5.75. The predicted molar refractivity (Wildman–Crippen MR) is 58.0 cm³/mol. The van der Waals surface area contributed by atoms with Gasteiger partial charge in [-0.15, -0.1) is 0 Å². The number of nitrogens with zero attached hydrogens (tertiary/aromatic N) is 1. The molecule has 0 radical (unpaired) electrons. The first kappa shape index (κ1) is 12.8. The molecule has 1 saturated carbocycles. The van der Waals surface area contributed by atoms with Crippen LogP contribution in [0.2, 0.25) is 0 Å². The van der Waals surface area contributed by atoms with E-state index in [1.807, 2.05) is 0 Å². The summed E-state index contributed by atoms with van der Waals surface area (Å²) in [6.07, 6.45) is 1.96. The average Bonchev–Trinajstić information content (AvgIpc) is 2.17. The minimum atomic E-state index is -2.26. The van der Waals surface area contributed by atoms with Gasteiger partial charge in [0.05, 0.1) is 6.54 Å². The number of nitrogens with two attached hydrogens (primary N) is 1. The lowest BCUT2D eigenvalue weighted by atomic mass is 9.81. The Hall–Kier alpha value is -0.220. The van der Waals surface area contributed by atoms with Crippen molar-refractivity contribution in [3.8, 4) is 0 Å². The maximum atomic E-state index is 12.3. The molecule has 3 unspecified atom stereocenters. The molecule has 1 rings (SSSR count). The van der Waals surface area contributed by atoms with Gasteiger partial charge in [-0.1, -0.05) is 13.3 Å². The van der Waals surface area contributed by atoms with Crippen LogP contribution in [0.3, 0.4) is 0 Å². The van der Waals surface area contributed by atoms with Crippen LogP contribution in [-0.2, 0) is 0 Å². The summed E-state index contributed by atoms with van der Waals surface area (Å²) in [5, 5.41) is 0. The van der Waals surface area contributed by atoms with Gasteiger partial charge in [-0.3, -0.25) is 4.90 Å². The minimum absolute atomic E-state index is 0.0662. The van der Waals surface area contributed by atoms with Crippen LogP contribution in [0, 0.1) is 5.92 Å². The molecule has 0 saturated heterocycles. The molecule has 0 aromatic heterocycles. The Labute approximate surface area is 90.8 Å². The van der Waals surface area contributed by atoms with Crippen LogP contribution in [0.1, 0.15) is 32.6 Å². The monoisotopic (exact) mass is 220 g/mol. The fraction of sp³-hybridized carbons (Fsp3) is 1.00. The van der Waals surface area contributed by atoms with E-state index in [1.54, 1.807) is 11.9 Å². The lowest BCUT2D eigenvalue weighted by Gasteiger charge is -2.39. The van der Waals surface area contributed by atoms with Gasteiger partial charge in [0.15, 0.2) is 0 Å². The quantitative estimate of drug-likeness (QED) is 0.786. The smallest absolute Gasteiger partial charge is 0.251 e. The van der Waals surface area contributed by atoms with Crippen molar-refractivity contribution in [3.05, 3.63) is 0 Å². The number of likely N-dealkylation sites (N-methyl/N-ethyl adjacent to an activating group) is 1. The number of rotatable bonds is 4. The second-order valence-electron chi connectivity index (χ2n) is 4.65. The van der Waals surface area contributed by atoms with Crippen molar-refractivity contribution in [2.75, 3.05) is 13.6 Å². The van der Waals surface area contributed by atoms with Crippen molar-refractivity contribution in [2.24, 2.45) is 11.7 Å². The van der Waals surface area contributed by atoms with E-state index in [-0.39, 0.29) is 18.6 Å². The summed E-state index contributed by atoms with van der Waals surface area (Å²) in [5.41, 5.74) is 5.99. The highest BCUT2D eigenvalue weighted by molar-refractivity contribution is 4.88. The van der Waals surface area contributed by atoms with E-state index < -0.39 is 6.43 Å². The molecule has 3 atom stereocenters. The summed E-state index contributed by atoms with van der Waals surface area (Å²) >= 11 is 0. The molecular formula is C11H22F2N2. The van der Waals surface area contributed by atoms with Crippen LogP contribution in [0.15, 0.2) is 0 Å². The summed E-state index contributed by atoms with van der Waals surface area (Å²) in [6.45, 7) is 2.00. The molecule has 4 heteroatoms. The van der Waals surface area contributed by atoms with Crippen molar-refractivity contribution < 1.29 is 8.78 Å². The van der Waals surface area contributed by atoms with Gasteiger partial charge < -0.3 is 5.73 Å². The third-order valence-electron chi connectivity index (χ3n) is 3.55. The SMILES string of the molecule is CCC1CCC(N)C(N(C)CC(F)F)C1. The van der Waals surface area contributed by atoms with E-state index in [9.17, 15) is 8.78 Å². The Balaban J connectivity index is 2.49. The zero-order chi connectivity index (χ0) is 11.4. The molecule has 0 spiro atoms. The standard InChI is InChI=1S/C11H22F2N2/c1-3-8-4-5-9(14)10(6-8)15(2)7-11(12)13/h8-11H,3-7,14H2,1-2H3. The maximum Gasteiger partial charge on any atom is 0.251 e. The molecule has 0 heterocycles. The minimum Gasteiger partial charge on any atom is -0.326 e. The lowest BCUT2D eigenvalue weighted by molar-refractivity contribution is 0.0550. The molecule has 0 aromatic rings. The van der Waals surface area contributed by atoms with Crippen molar-refractivity contribution in [1.82, 2.24) is 4.90 Å². The van der Waals surface area contributed by atoms with Crippen molar-refractivity contribution in [2.45, 2.75) is 51.1 Å². The molecule has 0 aromatic carbocycles. The normalized spacial score (nSPS) is 32.6. The first-order valence-electron chi connectivity index (χ1n) is 5.78. The van der Waals surface area contributed by atoms with Gasteiger partial charge in [-0.25, -0.2) is 8.78 Å². The zero-order valence-electron chi connectivity index (χ0n) is 9.63. The van der Waals surface area contributed by atoms with Crippen LogP contribution < -0.4 is 5.73 Å². The van der Waals surface area contributed by atoms with E-state index in [0.717, 1.165) is 25.7 Å². The zero-order valence-corrected chi connectivity index (χ0v) is 9.63. The molecule has 15 heavy (non-hydrogen) atoms. The van der Waals surface area contributed by atoms with E-state index in [2.05, 4.69) is 6.92 Å². The Morgan fingerprint density at radius 1 is 1.40 bits per heavy atom. The molecule has 1 aliphatic rings. The number of hydrogen-bond donors (Lipinski definition) is 1. The number of hydrogen-bond acceptors (Lipinski definition) is 2. The molecule has 2 nitrogen and oxygen atoms in total. The highest BCUT2D eigenvalue weighted by Crippen LogP contribution is 2.28. The number of halogens is 2. The van der Waals surface area contributed by atoms with Gasteiger partial charge >= 0.3 is 0 Å². The molecular weight excluding hydrogens is 198 g/mol. The van der Waals surface area contributed by atoms with Gasteiger partial charge in [-0.2, -0.15) is 0 Å². The van der Waals surface area contributed by atoms with Gasteiger partial charge in [0, 0.05) is 12.1 Å². The van der Waals surface area contributed by atoms with E-state index in [1.165, 1.54) is 0 Å². The fourth-order valence-electron chi connectivity index (χ4n) is 2.49. The molecule has 0 bridgehead atoms. The molecule has 1 aliphatic carbocycles. The fourth-order valence-corrected chi connectivity index (χ4v) is 2.49. The molecule has 2 N–H and O–H groups in total. The third kappa shape index (κ3) is 3.68. The Morgan fingerprint density at radius 2 is 2.07 bits per heavy atom. The van der Waals surface area contributed by atoms with Crippen LogP contribution in [0.4, 0.5) is 8.78 Å². The summed E-state index contributed by atoms with van der Waals surface area (Å²) in [4.78, 5) is 1.73. The first-order chi connectivity index (χ1) is 7.04. The van der Waals surface area contributed by atoms with Gasteiger partial charge in [0.2, 0.25) is 0 Å². The summed E-state index contributed by atoms with van der Waals surface area (Å²) < 4.78 is 24.5. The average molecular weight is 220 g/mol. The van der Waals surface area contributed by atoms with Gasteiger partial charge in [0.25, 0.3) is 6.43 Å². The van der Waals surface area contributed by atoms with E-state index >= 15 is 0 Å². The maximum absolute atomic E-state index is 12.3. The number of alkyl halides is 2. The van der Waals surface area contributed by atoms with Crippen molar-refractivity contribution in [3.63, 3.8) is 0 Å². The van der Waals surface area contributed by atoms with Crippen molar-refractivity contribution in [1.29, 1.82) is 0 Å². The summed E-state index contributed by atoms with van der Waals surface area (Å²) in [5.74, 6) is 0.662. The van der Waals surface area contributed by atoms with Gasteiger partial charge in [0.1, 0.15) is 0 Å². The van der Waals surface area contributed by atoms with Crippen molar-refractivity contribution >= 4 is 0 Å². The molecule has 90 valence electrons. The second-order valence-corrected chi connectivity index (χ2v) is 4.65. The molecule has 0 aliphatic heterocycles. The Bertz CT molecular complexity index is 187. The van der Waals surface area contributed by atoms with Crippen LogP contribution in [0.25, 0.3) is 0 Å². The van der Waals surface area contributed by atoms with E-state index in [4.69, 9.17) is 5.73 Å². The summed E-state index contributed by atoms with van der Waals surface area (Å²) in [6, 6.07) is 0.203. The highest BCUT2D eigenvalue weighted by Gasteiger charge is 2.30.